The van der Waals surface area contributed by atoms with Gasteiger partial charge >= 0.3 is 0 Å². The molecule has 0 spiro atoms. The first-order valence-electron chi connectivity index (χ1n) is 12.6. The predicted octanol–water partition coefficient (Wildman–Crippen LogP) is 7.28. The van der Waals surface area contributed by atoms with Crippen molar-refractivity contribution in [2.24, 2.45) is 11.8 Å². The third-order valence-electron chi connectivity index (χ3n) is 6.37. The first-order valence-corrected chi connectivity index (χ1v) is 12.6. The smallest absolute Gasteiger partial charge is 0.298 e. The summed E-state index contributed by atoms with van der Waals surface area (Å²) in [5.74, 6) is 2.64. The number of carbonyl (C=O) groups is 2. The Morgan fingerprint density at radius 1 is 1.00 bits per heavy atom. The summed E-state index contributed by atoms with van der Waals surface area (Å²) >= 11 is 0. The van der Waals surface area contributed by atoms with Crippen LogP contribution in [0.15, 0.2) is 36.4 Å². The van der Waals surface area contributed by atoms with E-state index in [0.717, 1.165) is 53.3 Å². The van der Waals surface area contributed by atoms with E-state index in [2.05, 4.69) is 12.2 Å². The predicted molar refractivity (Wildman–Crippen MR) is 141 cm³/mol. The van der Waals surface area contributed by atoms with Gasteiger partial charge < -0.3 is 14.8 Å². The zero-order valence-electron chi connectivity index (χ0n) is 22.1. The number of aryl methyl sites for hydroxylation is 2. The molecule has 1 N–H and O–H groups in total. The summed E-state index contributed by atoms with van der Waals surface area (Å²) in [5.41, 5.74) is 4.17. The quantitative estimate of drug-likeness (QED) is 0.433. The van der Waals surface area contributed by atoms with Crippen molar-refractivity contribution in [2.75, 3.05) is 12.4 Å². The molecule has 0 aliphatic heterocycles. The van der Waals surface area contributed by atoms with Crippen LogP contribution in [0.1, 0.15) is 76.5 Å². The average Bonchev–Trinajstić information content (AvgIpc) is 2.87. The van der Waals surface area contributed by atoms with Crippen LogP contribution in [0, 0.1) is 25.7 Å². The molecule has 0 bridgehead atoms. The van der Waals surface area contributed by atoms with Crippen molar-refractivity contribution >= 4 is 18.1 Å². The van der Waals surface area contributed by atoms with Gasteiger partial charge in [-0.2, -0.15) is 0 Å². The van der Waals surface area contributed by atoms with Crippen LogP contribution in [0.4, 0.5) is 5.69 Å². The van der Waals surface area contributed by atoms with E-state index in [1.807, 2.05) is 65.0 Å². The Balaban J connectivity index is 0.000000353. The van der Waals surface area contributed by atoms with E-state index >= 15 is 0 Å². The number of anilines is 1. The molecule has 5 heteroatoms. The molecule has 5 nitrogen and oxygen atoms in total. The Morgan fingerprint density at radius 2 is 1.68 bits per heavy atom. The summed E-state index contributed by atoms with van der Waals surface area (Å²) in [5, 5.41) is 3.03. The summed E-state index contributed by atoms with van der Waals surface area (Å²) in [6.07, 6.45) is 6.54. The van der Waals surface area contributed by atoms with Crippen molar-refractivity contribution in [3.8, 4) is 11.5 Å². The number of benzene rings is 2. The zero-order valence-corrected chi connectivity index (χ0v) is 22.1. The molecule has 1 amide bonds. The molecule has 0 radical (unpaired) electrons. The fraction of sp³-hybridized carbons (Fsp3) is 0.517. The fourth-order valence-electron chi connectivity index (χ4n) is 4.27. The van der Waals surface area contributed by atoms with Gasteiger partial charge in [0.05, 0.1) is 7.11 Å². The van der Waals surface area contributed by atoms with Gasteiger partial charge in [0.15, 0.2) is 0 Å². The highest BCUT2D eigenvalue weighted by Crippen LogP contribution is 2.31. The van der Waals surface area contributed by atoms with Crippen LogP contribution < -0.4 is 14.8 Å². The van der Waals surface area contributed by atoms with Gasteiger partial charge in [0, 0.05) is 17.7 Å². The fourth-order valence-corrected chi connectivity index (χ4v) is 4.27. The number of nitrogens with one attached hydrogen (secondary N) is 1. The van der Waals surface area contributed by atoms with Crippen LogP contribution in [0.3, 0.4) is 0 Å². The van der Waals surface area contributed by atoms with Crippen molar-refractivity contribution in [3.63, 3.8) is 0 Å². The Morgan fingerprint density at radius 3 is 2.24 bits per heavy atom. The second kappa shape index (κ2) is 15.9. The van der Waals surface area contributed by atoms with Gasteiger partial charge in [0.1, 0.15) is 11.5 Å². The molecule has 3 rings (SSSR count). The number of methoxy groups -OCH3 is 1. The number of amides is 1. The van der Waals surface area contributed by atoms with Crippen LogP contribution in [0.5, 0.6) is 11.5 Å². The van der Waals surface area contributed by atoms with E-state index in [9.17, 15) is 9.59 Å². The normalized spacial score (nSPS) is 16.7. The summed E-state index contributed by atoms with van der Waals surface area (Å²) < 4.78 is 10.1. The lowest BCUT2D eigenvalue weighted by Crippen LogP contribution is -2.27. The van der Waals surface area contributed by atoms with Crippen molar-refractivity contribution in [1.82, 2.24) is 0 Å². The summed E-state index contributed by atoms with van der Waals surface area (Å²) in [7, 11) is 1.65. The number of rotatable bonds is 7. The lowest BCUT2D eigenvalue weighted by Gasteiger charge is -2.27. The topological polar surface area (TPSA) is 64.6 Å². The molecule has 1 saturated carbocycles. The van der Waals surface area contributed by atoms with Gasteiger partial charge in [0.2, 0.25) is 5.91 Å². The Kier molecular flexibility index (Phi) is 13.7. The van der Waals surface area contributed by atoms with Crippen LogP contribution in [0.25, 0.3) is 0 Å². The minimum atomic E-state index is 0.158. The summed E-state index contributed by atoms with van der Waals surface area (Å²) in [6.45, 7) is 12.8. The summed E-state index contributed by atoms with van der Waals surface area (Å²) in [6, 6.07) is 11.5. The van der Waals surface area contributed by atoms with Crippen molar-refractivity contribution in [2.45, 2.75) is 80.1 Å². The highest BCUT2D eigenvalue weighted by atomic mass is 16.5. The molecule has 188 valence electrons. The van der Waals surface area contributed by atoms with Gasteiger partial charge in [-0.25, -0.2) is 0 Å². The third kappa shape index (κ3) is 8.85. The second-order valence-corrected chi connectivity index (χ2v) is 8.42. The largest absolute Gasteiger partial charge is 0.496 e. The standard InChI is InChI=1S/C17H25NO2.C10H12O2.C2H6/c1-4-13-6-8-14(9-7-13)17(19)18-15-10-5-12(2)16(11-15)20-3;1-3-9-8(2)5-4-6-10(9)12-7-11;1-2/h5,10-11,13-14H,4,6-9H2,1-3H3,(H,18,19);4-7H,3H2,1-2H3;1-2H3. The number of carbonyl (C=O) groups excluding carboxylic acids is 2. The Labute approximate surface area is 206 Å². The molecule has 1 fully saturated rings. The van der Waals surface area contributed by atoms with E-state index < -0.39 is 0 Å². The minimum absolute atomic E-state index is 0.158. The van der Waals surface area contributed by atoms with E-state index in [0.29, 0.717) is 12.2 Å². The summed E-state index contributed by atoms with van der Waals surface area (Å²) in [4.78, 5) is 22.4. The van der Waals surface area contributed by atoms with E-state index in [1.54, 1.807) is 13.2 Å². The third-order valence-corrected chi connectivity index (χ3v) is 6.37. The molecule has 0 heterocycles. The van der Waals surface area contributed by atoms with Crippen molar-refractivity contribution < 1.29 is 19.1 Å². The molecule has 1 aliphatic rings. The van der Waals surface area contributed by atoms with E-state index in [-0.39, 0.29) is 11.8 Å². The maximum atomic E-state index is 12.3. The van der Waals surface area contributed by atoms with Crippen LogP contribution in [-0.2, 0) is 16.0 Å². The SMILES string of the molecule is CC.CCC1CCC(C(=O)Nc2ccc(C)c(OC)c2)CC1.CCc1c(C)cccc1OC=O. The van der Waals surface area contributed by atoms with Gasteiger partial charge in [-0.1, -0.05) is 52.3 Å². The monoisotopic (exact) mass is 469 g/mol. The van der Waals surface area contributed by atoms with Gasteiger partial charge in [-0.3, -0.25) is 9.59 Å². The molecule has 0 atom stereocenters. The first kappa shape index (κ1) is 29.2. The maximum absolute atomic E-state index is 12.3. The van der Waals surface area contributed by atoms with Gasteiger partial charge in [-0.05, 0) is 80.7 Å². The number of hydrogen-bond acceptors (Lipinski definition) is 4. The molecular formula is C29H43NO4. The van der Waals surface area contributed by atoms with Crippen molar-refractivity contribution in [3.05, 3.63) is 53.1 Å². The Hall–Kier alpha value is -2.82. The van der Waals surface area contributed by atoms with Crippen LogP contribution in [0.2, 0.25) is 0 Å². The molecule has 34 heavy (non-hydrogen) atoms. The Bertz CT molecular complexity index is 886. The van der Waals surface area contributed by atoms with Gasteiger partial charge in [0.25, 0.3) is 6.47 Å². The highest BCUT2D eigenvalue weighted by molar-refractivity contribution is 5.92. The second-order valence-electron chi connectivity index (χ2n) is 8.42. The van der Waals surface area contributed by atoms with E-state index in [4.69, 9.17) is 9.47 Å². The molecular weight excluding hydrogens is 426 g/mol. The lowest BCUT2D eigenvalue weighted by atomic mass is 9.80. The van der Waals surface area contributed by atoms with Crippen molar-refractivity contribution in [1.29, 1.82) is 0 Å². The highest BCUT2D eigenvalue weighted by Gasteiger charge is 2.25. The molecule has 0 saturated heterocycles. The molecule has 2 aromatic rings. The number of hydrogen-bond donors (Lipinski definition) is 1. The average molecular weight is 470 g/mol. The lowest BCUT2D eigenvalue weighted by molar-refractivity contribution is -0.121. The van der Waals surface area contributed by atoms with E-state index in [1.165, 1.54) is 19.3 Å². The van der Waals surface area contributed by atoms with Crippen LogP contribution >= 0.6 is 0 Å². The zero-order chi connectivity index (χ0) is 25.5. The number of ether oxygens (including phenoxy) is 2. The molecule has 2 aromatic carbocycles. The molecule has 0 unspecified atom stereocenters. The molecule has 0 aromatic heterocycles. The molecule has 1 aliphatic carbocycles. The maximum Gasteiger partial charge on any atom is 0.298 e. The minimum Gasteiger partial charge on any atom is -0.496 e. The first-order chi connectivity index (χ1) is 16.4. The van der Waals surface area contributed by atoms with Gasteiger partial charge in [-0.15, -0.1) is 0 Å². The van der Waals surface area contributed by atoms with Crippen LogP contribution in [-0.4, -0.2) is 19.5 Å².